The summed E-state index contributed by atoms with van der Waals surface area (Å²) in [7, 11) is 0. The molecule has 1 aromatic carbocycles. The number of benzene rings is 1. The summed E-state index contributed by atoms with van der Waals surface area (Å²) in [6, 6.07) is 6.89. The zero-order valence-electron chi connectivity index (χ0n) is 10.1. The third-order valence-electron chi connectivity index (χ3n) is 2.76. The van der Waals surface area contributed by atoms with Crippen LogP contribution in [0.15, 0.2) is 24.3 Å². The number of amides is 2. The van der Waals surface area contributed by atoms with Gasteiger partial charge in [-0.05, 0) is 17.9 Å². The molecule has 1 unspecified atom stereocenters. The van der Waals surface area contributed by atoms with Crippen LogP contribution < -0.4 is 0 Å². The minimum Gasteiger partial charge on any atom is -0.273 e. The lowest BCUT2D eigenvalue weighted by Crippen LogP contribution is -2.35. The smallest absolute Gasteiger partial charge is 0.261 e. The molecule has 0 bridgehead atoms. The van der Waals surface area contributed by atoms with Crippen molar-refractivity contribution in [2.24, 2.45) is 0 Å². The van der Waals surface area contributed by atoms with Crippen molar-refractivity contribution in [3.05, 3.63) is 35.4 Å². The second kappa shape index (κ2) is 5.76. The molecule has 96 valence electrons. The number of halogens is 1. The summed E-state index contributed by atoms with van der Waals surface area (Å²) in [4.78, 5) is 25.4. The molecule has 0 saturated carbocycles. The van der Waals surface area contributed by atoms with Crippen molar-refractivity contribution in [2.75, 3.05) is 18.1 Å². The van der Waals surface area contributed by atoms with Crippen LogP contribution in [0.1, 0.15) is 27.6 Å². The van der Waals surface area contributed by atoms with Crippen molar-refractivity contribution < 1.29 is 9.59 Å². The van der Waals surface area contributed by atoms with Gasteiger partial charge in [0.15, 0.2) is 0 Å². The first kappa shape index (κ1) is 13.4. The molecule has 3 nitrogen and oxygen atoms in total. The Kier molecular flexibility index (Phi) is 4.30. The molecule has 5 heteroatoms. The fourth-order valence-corrected chi connectivity index (χ4v) is 2.90. The van der Waals surface area contributed by atoms with E-state index < -0.39 is 0 Å². The normalized spacial score (nSPS) is 16.0. The van der Waals surface area contributed by atoms with Crippen LogP contribution in [0.3, 0.4) is 0 Å². The zero-order valence-corrected chi connectivity index (χ0v) is 11.6. The first-order chi connectivity index (χ1) is 8.65. The van der Waals surface area contributed by atoms with Gasteiger partial charge < -0.3 is 0 Å². The number of rotatable bonds is 5. The molecule has 0 fully saturated rings. The molecule has 1 aromatic rings. The molecule has 0 aliphatic carbocycles. The maximum atomic E-state index is 12.1. The van der Waals surface area contributed by atoms with Crippen LogP contribution in [0.25, 0.3) is 0 Å². The largest absolute Gasteiger partial charge is 0.273 e. The van der Waals surface area contributed by atoms with E-state index in [2.05, 4.69) is 6.92 Å². The second-order valence-electron chi connectivity index (χ2n) is 4.02. The summed E-state index contributed by atoms with van der Waals surface area (Å²) in [6.07, 6.45) is 0. The highest BCUT2D eigenvalue weighted by Gasteiger charge is 2.35. The zero-order chi connectivity index (χ0) is 13.1. The van der Waals surface area contributed by atoms with Gasteiger partial charge in [0, 0.05) is 12.3 Å². The van der Waals surface area contributed by atoms with Crippen molar-refractivity contribution in [3.63, 3.8) is 0 Å². The van der Waals surface area contributed by atoms with Crippen molar-refractivity contribution >= 4 is 35.2 Å². The molecule has 1 heterocycles. The summed E-state index contributed by atoms with van der Waals surface area (Å²) in [5.74, 6) is 1.25. The van der Waals surface area contributed by atoms with Gasteiger partial charge in [0.1, 0.15) is 0 Å². The molecule has 0 spiro atoms. The average molecular weight is 284 g/mol. The minimum atomic E-state index is -0.234. The quantitative estimate of drug-likeness (QED) is 0.616. The van der Waals surface area contributed by atoms with Crippen LogP contribution in [0.4, 0.5) is 0 Å². The fraction of sp³-hybridized carbons (Fsp3) is 0.385. The number of imide groups is 1. The van der Waals surface area contributed by atoms with Gasteiger partial charge in [0.2, 0.25) is 0 Å². The predicted molar refractivity (Wildman–Crippen MR) is 74.4 cm³/mol. The number of alkyl halides is 1. The van der Waals surface area contributed by atoms with Crippen molar-refractivity contribution in [1.29, 1.82) is 0 Å². The Balaban J connectivity index is 2.09. The Morgan fingerprint density at radius 1 is 1.22 bits per heavy atom. The average Bonchev–Trinajstić information content (AvgIpc) is 2.62. The van der Waals surface area contributed by atoms with Gasteiger partial charge in [-0.2, -0.15) is 11.8 Å². The monoisotopic (exact) mass is 283 g/mol. The summed E-state index contributed by atoms with van der Waals surface area (Å²) in [6.45, 7) is 2.33. The van der Waals surface area contributed by atoms with Crippen molar-refractivity contribution in [1.82, 2.24) is 4.90 Å². The van der Waals surface area contributed by atoms with E-state index in [0.717, 1.165) is 11.5 Å². The Hall–Kier alpha value is -1.00. The molecule has 1 atom stereocenters. The lowest BCUT2D eigenvalue weighted by atomic mass is 10.1. The second-order valence-corrected chi connectivity index (χ2v) is 5.96. The van der Waals surface area contributed by atoms with E-state index in [1.54, 1.807) is 36.0 Å². The fourth-order valence-electron chi connectivity index (χ4n) is 1.90. The standard InChI is InChI=1S/C13H14ClNO2S/c1-2-18-8-9(14)7-15-12(16)10-5-3-4-6-11(10)13(15)17/h3-6,9H,2,7-8H2,1H3. The first-order valence-electron chi connectivity index (χ1n) is 5.82. The number of thioether (sulfide) groups is 1. The van der Waals surface area contributed by atoms with E-state index >= 15 is 0 Å². The highest BCUT2D eigenvalue weighted by atomic mass is 35.5. The first-order valence-corrected chi connectivity index (χ1v) is 7.41. The number of carbonyl (C=O) groups excluding carboxylic acids is 2. The SMILES string of the molecule is CCSCC(Cl)CN1C(=O)c2ccccc2C1=O. The number of hydrogen-bond donors (Lipinski definition) is 0. The van der Waals surface area contributed by atoms with E-state index in [0.29, 0.717) is 11.1 Å². The molecule has 0 N–H and O–H groups in total. The van der Waals surface area contributed by atoms with Gasteiger partial charge in [0.05, 0.1) is 16.5 Å². The Morgan fingerprint density at radius 2 is 1.78 bits per heavy atom. The van der Waals surface area contributed by atoms with Gasteiger partial charge in [-0.15, -0.1) is 11.6 Å². The summed E-state index contributed by atoms with van der Waals surface area (Å²) < 4.78 is 0. The number of carbonyl (C=O) groups is 2. The third-order valence-corrected chi connectivity index (χ3v) is 4.28. The molecule has 1 aliphatic rings. The lowest BCUT2D eigenvalue weighted by molar-refractivity contribution is 0.0656. The van der Waals surface area contributed by atoms with E-state index in [1.165, 1.54) is 4.90 Å². The van der Waals surface area contributed by atoms with Gasteiger partial charge >= 0.3 is 0 Å². The topological polar surface area (TPSA) is 37.4 Å². The molecule has 0 saturated heterocycles. The maximum Gasteiger partial charge on any atom is 0.261 e. The molecule has 18 heavy (non-hydrogen) atoms. The van der Waals surface area contributed by atoms with Crippen molar-refractivity contribution in [3.8, 4) is 0 Å². The lowest BCUT2D eigenvalue weighted by Gasteiger charge is -2.17. The number of nitrogens with zero attached hydrogens (tertiary/aromatic N) is 1. The van der Waals surface area contributed by atoms with E-state index in [1.807, 2.05) is 0 Å². The summed E-state index contributed by atoms with van der Waals surface area (Å²) in [5.41, 5.74) is 0.962. The predicted octanol–water partition coefficient (Wildman–Crippen LogP) is 2.64. The van der Waals surface area contributed by atoms with E-state index in [-0.39, 0.29) is 23.7 Å². The molecule has 0 radical (unpaired) electrons. The molecule has 2 amide bonds. The molecule has 0 aromatic heterocycles. The molecule has 2 rings (SSSR count). The maximum absolute atomic E-state index is 12.1. The van der Waals surface area contributed by atoms with Crippen LogP contribution in [0.5, 0.6) is 0 Å². The minimum absolute atomic E-state index is 0.197. The summed E-state index contributed by atoms with van der Waals surface area (Å²) >= 11 is 7.85. The Bertz CT molecular complexity index is 443. The number of fused-ring (bicyclic) bond motifs is 1. The molecular weight excluding hydrogens is 270 g/mol. The van der Waals surface area contributed by atoms with Crippen LogP contribution in [-0.2, 0) is 0 Å². The highest BCUT2D eigenvalue weighted by Crippen LogP contribution is 2.23. The summed E-state index contributed by atoms with van der Waals surface area (Å²) in [5, 5.41) is -0.197. The van der Waals surface area contributed by atoms with E-state index in [4.69, 9.17) is 11.6 Å². The highest BCUT2D eigenvalue weighted by molar-refractivity contribution is 7.99. The van der Waals surface area contributed by atoms with Crippen molar-refractivity contribution in [2.45, 2.75) is 12.3 Å². The molecule has 1 aliphatic heterocycles. The van der Waals surface area contributed by atoms with Crippen LogP contribution in [0, 0.1) is 0 Å². The molecular formula is C13H14ClNO2S. The third kappa shape index (κ3) is 2.54. The van der Waals surface area contributed by atoms with Crippen LogP contribution in [-0.4, -0.2) is 40.1 Å². The van der Waals surface area contributed by atoms with Gasteiger partial charge in [0.25, 0.3) is 11.8 Å². The Labute approximate surface area is 115 Å². The van der Waals surface area contributed by atoms with Gasteiger partial charge in [-0.3, -0.25) is 14.5 Å². The van der Waals surface area contributed by atoms with Gasteiger partial charge in [-0.1, -0.05) is 19.1 Å². The number of hydrogen-bond acceptors (Lipinski definition) is 3. The van der Waals surface area contributed by atoms with E-state index in [9.17, 15) is 9.59 Å². The van der Waals surface area contributed by atoms with Gasteiger partial charge in [-0.25, -0.2) is 0 Å². The van der Waals surface area contributed by atoms with Crippen LogP contribution in [0.2, 0.25) is 0 Å². The Morgan fingerprint density at radius 3 is 2.28 bits per heavy atom. The van der Waals surface area contributed by atoms with Crippen LogP contribution >= 0.6 is 23.4 Å².